The summed E-state index contributed by atoms with van der Waals surface area (Å²) in [5.41, 5.74) is 6.67. The number of H-pyrrole nitrogens is 1. The molecule has 3 heterocycles. The van der Waals surface area contributed by atoms with Crippen LogP contribution in [-0.4, -0.2) is 47.8 Å². The molecule has 0 saturated heterocycles. The summed E-state index contributed by atoms with van der Waals surface area (Å²) in [7, 11) is 0. The third kappa shape index (κ3) is 3.81. The molecule has 1 aromatic heterocycles. The van der Waals surface area contributed by atoms with E-state index in [1.807, 2.05) is 18.2 Å². The minimum atomic E-state index is 0.0583. The molecule has 0 atom stereocenters. The highest BCUT2D eigenvalue weighted by Gasteiger charge is 2.23. The standard InChI is InChI=1S/C26H27N3O2/c1-18(30)29-15-10-20-16-21(6-7-25(20)29)26(31)11-14-28-12-8-19(9-13-28)23-17-27-24-5-3-2-4-22(23)24/h2-8,16-17,27H,9-15H2,1H3. The average molecular weight is 414 g/mol. The molecule has 2 aliphatic rings. The van der Waals surface area contributed by atoms with Gasteiger partial charge in [-0.1, -0.05) is 24.3 Å². The largest absolute Gasteiger partial charge is 0.361 e. The zero-order valence-corrected chi connectivity index (χ0v) is 17.9. The molecule has 5 heteroatoms. The van der Waals surface area contributed by atoms with Crippen molar-refractivity contribution in [2.75, 3.05) is 31.1 Å². The molecule has 158 valence electrons. The number of nitrogens with zero attached hydrogens (tertiary/aromatic N) is 2. The number of fused-ring (bicyclic) bond motifs is 2. The van der Waals surface area contributed by atoms with Gasteiger partial charge in [-0.3, -0.25) is 14.5 Å². The van der Waals surface area contributed by atoms with Crippen molar-refractivity contribution in [2.45, 2.75) is 26.2 Å². The minimum Gasteiger partial charge on any atom is -0.361 e. The Morgan fingerprint density at radius 3 is 2.74 bits per heavy atom. The summed E-state index contributed by atoms with van der Waals surface area (Å²) in [5, 5.41) is 1.28. The van der Waals surface area contributed by atoms with E-state index in [1.54, 1.807) is 11.8 Å². The summed E-state index contributed by atoms with van der Waals surface area (Å²) in [6, 6.07) is 14.2. The third-order valence-corrected chi connectivity index (χ3v) is 6.56. The third-order valence-electron chi connectivity index (χ3n) is 6.56. The van der Waals surface area contributed by atoms with Crippen LogP contribution in [0.1, 0.15) is 41.3 Å². The lowest BCUT2D eigenvalue weighted by atomic mass is 9.98. The van der Waals surface area contributed by atoms with Gasteiger partial charge >= 0.3 is 0 Å². The van der Waals surface area contributed by atoms with E-state index in [2.05, 4.69) is 46.4 Å². The van der Waals surface area contributed by atoms with Gasteiger partial charge in [-0.25, -0.2) is 0 Å². The van der Waals surface area contributed by atoms with Gasteiger partial charge in [0.15, 0.2) is 5.78 Å². The van der Waals surface area contributed by atoms with Gasteiger partial charge in [0.25, 0.3) is 0 Å². The summed E-state index contributed by atoms with van der Waals surface area (Å²) in [4.78, 5) is 32.0. The van der Waals surface area contributed by atoms with Crippen LogP contribution in [0.5, 0.6) is 0 Å². The summed E-state index contributed by atoms with van der Waals surface area (Å²) in [5.74, 6) is 0.235. The molecule has 2 aromatic carbocycles. The molecule has 0 unspecified atom stereocenters. The van der Waals surface area contributed by atoms with E-state index in [0.29, 0.717) is 13.0 Å². The molecule has 0 fully saturated rings. The molecule has 0 aliphatic carbocycles. The first kappa shape index (κ1) is 19.8. The number of hydrogen-bond acceptors (Lipinski definition) is 3. The maximum Gasteiger partial charge on any atom is 0.223 e. The fraction of sp³-hybridized carbons (Fsp3) is 0.308. The highest BCUT2D eigenvalue weighted by molar-refractivity contribution is 5.99. The Hall–Kier alpha value is -3.18. The molecule has 3 aromatic rings. The average Bonchev–Trinajstić information content (AvgIpc) is 3.42. The van der Waals surface area contributed by atoms with E-state index < -0.39 is 0 Å². The predicted octanol–water partition coefficient (Wildman–Crippen LogP) is 4.44. The van der Waals surface area contributed by atoms with Crippen molar-refractivity contribution in [1.82, 2.24) is 9.88 Å². The van der Waals surface area contributed by atoms with Gasteiger partial charge in [-0.05, 0) is 48.2 Å². The SMILES string of the molecule is CC(=O)N1CCc2cc(C(=O)CCN3CC=C(c4c[nH]c5ccccc45)CC3)ccc21. The Morgan fingerprint density at radius 2 is 1.94 bits per heavy atom. The number of amides is 1. The van der Waals surface area contributed by atoms with E-state index in [1.165, 1.54) is 22.0 Å². The number of benzene rings is 2. The van der Waals surface area contributed by atoms with Crippen molar-refractivity contribution >= 4 is 33.9 Å². The summed E-state index contributed by atoms with van der Waals surface area (Å²) in [6.07, 6.45) is 6.75. The monoisotopic (exact) mass is 413 g/mol. The Bertz CT molecular complexity index is 1190. The van der Waals surface area contributed by atoms with Crippen LogP contribution in [0.4, 0.5) is 5.69 Å². The first-order chi connectivity index (χ1) is 15.1. The van der Waals surface area contributed by atoms with E-state index in [4.69, 9.17) is 0 Å². The maximum absolute atomic E-state index is 12.8. The van der Waals surface area contributed by atoms with Gasteiger partial charge in [-0.2, -0.15) is 0 Å². The molecule has 31 heavy (non-hydrogen) atoms. The van der Waals surface area contributed by atoms with Crippen molar-refractivity contribution in [3.63, 3.8) is 0 Å². The normalized spacial score (nSPS) is 16.4. The van der Waals surface area contributed by atoms with Crippen molar-refractivity contribution in [3.05, 3.63) is 71.4 Å². The number of carbonyl (C=O) groups excluding carboxylic acids is 2. The smallest absolute Gasteiger partial charge is 0.223 e. The van der Waals surface area contributed by atoms with Crippen molar-refractivity contribution in [2.24, 2.45) is 0 Å². The molecular weight excluding hydrogens is 386 g/mol. The van der Waals surface area contributed by atoms with Gasteiger partial charge in [0.1, 0.15) is 0 Å². The van der Waals surface area contributed by atoms with Gasteiger partial charge in [0.2, 0.25) is 5.91 Å². The molecule has 0 spiro atoms. The highest BCUT2D eigenvalue weighted by Crippen LogP contribution is 2.30. The molecule has 0 bridgehead atoms. The number of anilines is 1. The zero-order valence-electron chi connectivity index (χ0n) is 17.9. The van der Waals surface area contributed by atoms with Crippen LogP contribution in [-0.2, 0) is 11.2 Å². The second kappa shape index (κ2) is 8.16. The lowest BCUT2D eigenvalue weighted by molar-refractivity contribution is -0.116. The van der Waals surface area contributed by atoms with Crippen molar-refractivity contribution in [3.8, 4) is 0 Å². The first-order valence-electron chi connectivity index (χ1n) is 11.0. The zero-order chi connectivity index (χ0) is 21.4. The molecule has 2 aliphatic heterocycles. The minimum absolute atomic E-state index is 0.0583. The van der Waals surface area contributed by atoms with Crippen LogP contribution < -0.4 is 4.90 Å². The number of carbonyl (C=O) groups is 2. The molecule has 5 nitrogen and oxygen atoms in total. The van der Waals surface area contributed by atoms with Gasteiger partial charge in [0, 0.05) is 73.4 Å². The number of nitrogens with one attached hydrogen (secondary N) is 1. The quantitative estimate of drug-likeness (QED) is 0.629. The van der Waals surface area contributed by atoms with Crippen LogP contribution in [0.3, 0.4) is 0 Å². The fourth-order valence-corrected chi connectivity index (χ4v) is 4.80. The number of para-hydroxylation sites is 1. The molecular formula is C26H27N3O2. The van der Waals surface area contributed by atoms with Crippen LogP contribution >= 0.6 is 0 Å². The van der Waals surface area contributed by atoms with Crippen LogP contribution in [0.2, 0.25) is 0 Å². The number of hydrogen-bond donors (Lipinski definition) is 1. The Morgan fingerprint density at radius 1 is 1.06 bits per heavy atom. The van der Waals surface area contributed by atoms with Crippen LogP contribution in [0.15, 0.2) is 54.7 Å². The first-order valence-corrected chi connectivity index (χ1v) is 11.0. The van der Waals surface area contributed by atoms with Crippen molar-refractivity contribution in [1.29, 1.82) is 0 Å². The summed E-state index contributed by atoms with van der Waals surface area (Å²) >= 11 is 0. The summed E-state index contributed by atoms with van der Waals surface area (Å²) in [6.45, 7) is 4.91. The maximum atomic E-state index is 12.8. The van der Waals surface area contributed by atoms with Crippen LogP contribution in [0, 0.1) is 0 Å². The van der Waals surface area contributed by atoms with Gasteiger partial charge < -0.3 is 9.88 Å². The van der Waals surface area contributed by atoms with E-state index >= 15 is 0 Å². The summed E-state index contributed by atoms with van der Waals surface area (Å²) < 4.78 is 0. The fourth-order valence-electron chi connectivity index (χ4n) is 4.80. The lowest BCUT2D eigenvalue weighted by Crippen LogP contribution is -2.30. The Labute approximate surface area is 182 Å². The molecule has 5 rings (SSSR count). The van der Waals surface area contributed by atoms with Crippen molar-refractivity contribution < 1.29 is 9.59 Å². The molecule has 1 amide bonds. The number of rotatable bonds is 5. The Balaban J connectivity index is 1.20. The second-order valence-corrected chi connectivity index (χ2v) is 8.47. The number of ketones is 1. The topological polar surface area (TPSA) is 56.4 Å². The molecule has 1 N–H and O–H groups in total. The molecule has 0 saturated carbocycles. The van der Waals surface area contributed by atoms with Crippen LogP contribution in [0.25, 0.3) is 16.5 Å². The second-order valence-electron chi connectivity index (χ2n) is 8.47. The number of aromatic nitrogens is 1. The van der Waals surface area contributed by atoms with Gasteiger partial charge in [-0.15, -0.1) is 0 Å². The number of aromatic amines is 1. The predicted molar refractivity (Wildman–Crippen MR) is 124 cm³/mol. The number of Topliss-reactive ketones (excluding diaryl/α,β-unsaturated/α-hetero) is 1. The van der Waals surface area contributed by atoms with E-state index in [-0.39, 0.29) is 11.7 Å². The Kier molecular flexibility index (Phi) is 5.20. The van der Waals surface area contributed by atoms with Gasteiger partial charge in [0.05, 0.1) is 0 Å². The molecule has 0 radical (unpaired) electrons. The van der Waals surface area contributed by atoms with E-state index in [9.17, 15) is 9.59 Å². The van der Waals surface area contributed by atoms with E-state index in [0.717, 1.165) is 49.3 Å². The highest BCUT2D eigenvalue weighted by atomic mass is 16.2. The lowest BCUT2D eigenvalue weighted by Gasteiger charge is -2.26.